The average molecular weight is 256 g/mol. The van der Waals surface area contributed by atoms with Crippen LogP contribution in [0.1, 0.15) is 46.5 Å². The van der Waals surface area contributed by atoms with Gasteiger partial charge in [-0.2, -0.15) is 0 Å². The highest BCUT2D eigenvalue weighted by atomic mass is 16.4. The Morgan fingerprint density at radius 2 is 1.94 bits per heavy atom. The van der Waals surface area contributed by atoms with E-state index < -0.39 is 5.97 Å². The maximum absolute atomic E-state index is 11.6. The molecule has 104 valence electrons. The highest BCUT2D eigenvalue weighted by molar-refractivity contribution is 5.75. The fourth-order valence-electron chi connectivity index (χ4n) is 2.02. The summed E-state index contributed by atoms with van der Waals surface area (Å²) in [6.45, 7) is 6.54. The third kappa shape index (κ3) is 5.89. The number of carboxylic acids is 1. The molecule has 0 radical (unpaired) electrons. The van der Waals surface area contributed by atoms with Crippen LogP contribution in [0, 0.1) is 11.8 Å². The van der Waals surface area contributed by atoms with Crippen LogP contribution in [0.4, 0.5) is 4.79 Å². The maximum atomic E-state index is 11.6. The molecule has 2 amide bonds. The van der Waals surface area contributed by atoms with E-state index in [1.165, 1.54) is 0 Å². The van der Waals surface area contributed by atoms with E-state index in [1.807, 2.05) is 6.92 Å². The van der Waals surface area contributed by atoms with Gasteiger partial charge in [0.15, 0.2) is 0 Å². The summed E-state index contributed by atoms with van der Waals surface area (Å²) < 4.78 is 0. The van der Waals surface area contributed by atoms with Gasteiger partial charge in [-0.15, -0.1) is 0 Å². The molecule has 1 rings (SSSR count). The lowest BCUT2D eigenvalue weighted by Gasteiger charge is -2.19. The van der Waals surface area contributed by atoms with Crippen molar-refractivity contribution in [3.63, 3.8) is 0 Å². The van der Waals surface area contributed by atoms with Crippen LogP contribution in [0.25, 0.3) is 0 Å². The smallest absolute Gasteiger partial charge is 0.315 e. The summed E-state index contributed by atoms with van der Waals surface area (Å²) in [4.78, 5) is 22.4. The van der Waals surface area contributed by atoms with E-state index in [4.69, 9.17) is 5.11 Å². The van der Waals surface area contributed by atoms with Crippen LogP contribution in [-0.2, 0) is 4.79 Å². The molecule has 1 aliphatic rings. The molecule has 18 heavy (non-hydrogen) atoms. The molecule has 5 heteroatoms. The second-order valence-electron chi connectivity index (χ2n) is 5.99. The number of nitrogens with one attached hydrogen (secondary N) is 2. The standard InChI is InChI=1S/C13H24N2O3/c1-9(2)6-10(7-11(16)17)8-14-12(18)15-13(3)4-5-13/h9-10H,4-8H2,1-3H3,(H,16,17)(H2,14,15,18). The predicted molar refractivity (Wildman–Crippen MR) is 69.4 cm³/mol. The molecular weight excluding hydrogens is 232 g/mol. The van der Waals surface area contributed by atoms with Gasteiger partial charge in [0.1, 0.15) is 0 Å². The predicted octanol–water partition coefficient (Wildman–Crippen LogP) is 1.98. The highest BCUT2D eigenvalue weighted by Crippen LogP contribution is 2.33. The largest absolute Gasteiger partial charge is 0.481 e. The van der Waals surface area contributed by atoms with Crippen molar-refractivity contribution < 1.29 is 14.7 Å². The van der Waals surface area contributed by atoms with Gasteiger partial charge in [0.25, 0.3) is 0 Å². The Morgan fingerprint density at radius 1 is 1.33 bits per heavy atom. The van der Waals surface area contributed by atoms with E-state index in [-0.39, 0.29) is 23.9 Å². The van der Waals surface area contributed by atoms with Crippen LogP contribution >= 0.6 is 0 Å². The number of urea groups is 1. The number of amides is 2. The summed E-state index contributed by atoms with van der Waals surface area (Å²) in [6, 6.07) is -0.186. The second kappa shape index (κ2) is 6.07. The molecular formula is C13H24N2O3. The van der Waals surface area contributed by atoms with Crippen molar-refractivity contribution in [1.82, 2.24) is 10.6 Å². The highest BCUT2D eigenvalue weighted by Gasteiger charge is 2.38. The molecule has 0 saturated heterocycles. The van der Waals surface area contributed by atoms with Gasteiger partial charge in [-0.3, -0.25) is 4.79 Å². The number of carbonyl (C=O) groups is 2. The van der Waals surface area contributed by atoms with Gasteiger partial charge in [-0.1, -0.05) is 13.8 Å². The Labute approximate surface area is 108 Å². The first kappa shape index (κ1) is 14.8. The van der Waals surface area contributed by atoms with E-state index in [1.54, 1.807) is 0 Å². The molecule has 1 atom stereocenters. The average Bonchev–Trinajstić information content (AvgIpc) is 2.90. The quantitative estimate of drug-likeness (QED) is 0.651. The van der Waals surface area contributed by atoms with Crippen LogP contribution in [0.15, 0.2) is 0 Å². The minimum absolute atomic E-state index is 0.000240. The first-order chi connectivity index (χ1) is 8.31. The summed E-state index contributed by atoms with van der Waals surface area (Å²) in [6.07, 6.45) is 2.95. The molecule has 1 saturated carbocycles. The van der Waals surface area contributed by atoms with E-state index in [0.717, 1.165) is 19.3 Å². The number of rotatable bonds is 7. The lowest BCUT2D eigenvalue weighted by atomic mass is 9.94. The topological polar surface area (TPSA) is 78.4 Å². The van der Waals surface area contributed by atoms with Crippen molar-refractivity contribution in [2.45, 2.75) is 52.0 Å². The van der Waals surface area contributed by atoms with Gasteiger partial charge in [-0.05, 0) is 38.0 Å². The van der Waals surface area contributed by atoms with E-state index >= 15 is 0 Å². The van der Waals surface area contributed by atoms with Crippen LogP contribution in [0.2, 0.25) is 0 Å². The van der Waals surface area contributed by atoms with Gasteiger partial charge < -0.3 is 15.7 Å². The van der Waals surface area contributed by atoms with Gasteiger partial charge >= 0.3 is 12.0 Å². The maximum Gasteiger partial charge on any atom is 0.315 e. The van der Waals surface area contributed by atoms with Crippen molar-refractivity contribution in [3.05, 3.63) is 0 Å². The van der Waals surface area contributed by atoms with Crippen LogP contribution in [0.5, 0.6) is 0 Å². The van der Waals surface area contributed by atoms with E-state index in [0.29, 0.717) is 12.5 Å². The Kier molecular flexibility index (Phi) is 4.99. The lowest BCUT2D eigenvalue weighted by molar-refractivity contribution is -0.138. The molecule has 0 aliphatic heterocycles. The van der Waals surface area contributed by atoms with Gasteiger partial charge in [0, 0.05) is 18.5 Å². The zero-order chi connectivity index (χ0) is 13.8. The Bertz CT molecular complexity index is 311. The lowest BCUT2D eigenvalue weighted by Crippen LogP contribution is -2.44. The Hall–Kier alpha value is -1.26. The van der Waals surface area contributed by atoms with E-state index in [9.17, 15) is 9.59 Å². The van der Waals surface area contributed by atoms with Crippen molar-refractivity contribution >= 4 is 12.0 Å². The molecule has 0 aromatic heterocycles. The fourth-order valence-corrected chi connectivity index (χ4v) is 2.02. The fraction of sp³-hybridized carbons (Fsp3) is 0.846. The van der Waals surface area contributed by atoms with Crippen molar-refractivity contribution in [1.29, 1.82) is 0 Å². The zero-order valence-corrected chi connectivity index (χ0v) is 11.5. The summed E-state index contributed by atoms with van der Waals surface area (Å²) in [5.41, 5.74) is -0.0373. The van der Waals surface area contributed by atoms with Crippen molar-refractivity contribution in [3.8, 4) is 0 Å². The van der Waals surface area contributed by atoms with Crippen molar-refractivity contribution in [2.75, 3.05) is 6.54 Å². The van der Waals surface area contributed by atoms with Crippen LogP contribution < -0.4 is 10.6 Å². The summed E-state index contributed by atoms with van der Waals surface area (Å²) in [5, 5.41) is 14.5. The molecule has 0 heterocycles. The molecule has 0 aromatic rings. The van der Waals surface area contributed by atoms with Gasteiger partial charge in [0.05, 0.1) is 0 Å². The third-order valence-corrected chi connectivity index (χ3v) is 3.23. The summed E-state index contributed by atoms with van der Waals surface area (Å²) in [5.74, 6) is -0.377. The van der Waals surface area contributed by atoms with Gasteiger partial charge in [0.2, 0.25) is 0 Å². The Morgan fingerprint density at radius 3 is 2.39 bits per heavy atom. The van der Waals surface area contributed by atoms with Crippen LogP contribution in [-0.4, -0.2) is 29.2 Å². The molecule has 1 aliphatic carbocycles. The number of carboxylic acid groups (broad SMARTS) is 1. The number of hydrogen-bond acceptors (Lipinski definition) is 2. The third-order valence-electron chi connectivity index (χ3n) is 3.23. The number of hydrogen-bond donors (Lipinski definition) is 3. The second-order valence-corrected chi connectivity index (χ2v) is 5.99. The molecule has 0 aromatic carbocycles. The number of carbonyl (C=O) groups excluding carboxylic acids is 1. The molecule has 0 bridgehead atoms. The summed E-state index contributed by atoms with van der Waals surface area (Å²) >= 11 is 0. The minimum Gasteiger partial charge on any atom is -0.481 e. The number of aliphatic carboxylic acids is 1. The monoisotopic (exact) mass is 256 g/mol. The molecule has 1 fully saturated rings. The first-order valence-corrected chi connectivity index (χ1v) is 6.58. The normalized spacial score (nSPS) is 18.2. The van der Waals surface area contributed by atoms with Crippen LogP contribution in [0.3, 0.4) is 0 Å². The minimum atomic E-state index is -0.808. The van der Waals surface area contributed by atoms with Gasteiger partial charge in [-0.25, -0.2) is 4.79 Å². The zero-order valence-electron chi connectivity index (χ0n) is 11.5. The molecule has 0 spiro atoms. The molecule has 5 nitrogen and oxygen atoms in total. The molecule has 3 N–H and O–H groups in total. The summed E-state index contributed by atoms with van der Waals surface area (Å²) in [7, 11) is 0. The SMILES string of the molecule is CC(C)CC(CNC(=O)NC1(C)CC1)CC(=O)O. The van der Waals surface area contributed by atoms with E-state index in [2.05, 4.69) is 24.5 Å². The van der Waals surface area contributed by atoms with Crippen molar-refractivity contribution in [2.24, 2.45) is 11.8 Å². The first-order valence-electron chi connectivity index (χ1n) is 6.58. The molecule has 1 unspecified atom stereocenters. The Balaban J connectivity index is 2.30.